The van der Waals surface area contributed by atoms with Crippen LogP contribution >= 0.6 is 0 Å². The van der Waals surface area contributed by atoms with Gasteiger partial charge in [0, 0.05) is 43.9 Å². The van der Waals surface area contributed by atoms with E-state index in [1.807, 2.05) is 19.3 Å². The summed E-state index contributed by atoms with van der Waals surface area (Å²) in [5.41, 5.74) is 1.32. The SMILES string of the molecule is CC1C(=O)CCN(CCc2ccncc2)C1C. The second kappa shape index (κ2) is 5.41. The Morgan fingerprint density at radius 1 is 1.35 bits per heavy atom. The Balaban J connectivity index is 1.89. The zero-order valence-electron chi connectivity index (χ0n) is 10.6. The largest absolute Gasteiger partial charge is 0.299 e. The van der Waals surface area contributed by atoms with Gasteiger partial charge in [0.1, 0.15) is 5.78 Å². The predicted octanol–water partition coefficient (Wildman–Crippen LogP) is 1.92. The lowest BCUT2D eigenvalue weighted by Crippen LogP contribution is -2.47. The number of rotatable bonds is 3. The molecule has 2 unspecified atom stereocenters. The minimum Gasteiger partial charge on any atom is -0.299 e. The van der Waals surface area contributed by atoms with Crippen molar-refractivity contribution in [3.8, 4) is 0 Å². The smallest absolute Gasteiger partial charge is 0.138 e. The van der Waals surface area contributed by atoms with Crippen molar-refractivity contribution in [1.29, 1.82) is 0 Å². The van der Waals surface area contributed by atoms with Crippen LogP contribution in [0.3, 0.4) is 0 Å². The van der Waals surface area contributed by atoms with Gasteiger partial charge in [-0.05, 0) is 31.0 Å². The van der Waals surface area contributed by atoms with E-state index in [9.17, 15) is 4.79 Å². The number of likely N-dealkylation sites (tertiary alicyclic amines) is 1. The highest BCUT2D eigenvalue weighted by molar-refractivity contribution is 5.82. The first-order valence-corrected chi connectivity index (χ1v) is 6.34. The first-order valence-electron chi connectivity index (χ1n) is 6.34. The predicted molar refractivity (Wildman–Crippen MR) is 67.8 cm³/mol. The van der Waals surface area contributed by atoms with Crippen molar-refractivity contribution in [2.45, 2.75) is 32.7 Å². The molecule has 0 amide bonds. The van der Waals surface area contributed by atoms with E-state index in [-0.39, 0.29) is 5.92 Å². The summed E-state index contributed by atoms with van der Waals surface area (Å²) in [5.74, 6) is 0.596. The van der Waals surface area contributed by atoms with E-state index in [1.54, 1.807) is 0 Å². The lowest BCUT2D eigenvalue weighted by atomic mass is 9.90. The normalized spacial score (nSPS) is 26.1. The van der Waals surface area contributed by atoms with Crippen molar-refractivity contribution in [3.05, 3.63) is 30.1 Å². The Hall–Kier alpha value is -1.22. The van der Waals surface area contributed by atoms with Gasteiger partial charge in [-0.2, -0.15) is 0 Å². The molecule has 0 saturated carbocycles. The fourth-order valence-electron chi connectivity index (χ4n) is 2.41. The van der Waals surface area contributed by atoms with Crippen LogP contribution in [-0.2, 0) is 11.2 Å². The molecule has 1 aliphatic heterocycles. The number of carbonyl (C=O) groups excluding carboxylic acids is 1. The molecule has 2 atom stereocenters. The maximum absolute atomic E-state index is 11.6. The van der Waals surface area contributed by atoms with Gasteiger partial charge in [-0.1, -0.05) is 6.92 Å². The molecule has 1 aliphatic rings. The number of hydrogen-bond acceptors (Lipinski definition) is 3. The second-order valence-corrected chi connectivity index (χ2v) is 4.89. The quantitative estimate of drug-likeness (QED) is 0.798. The zero-order chi connectivity index (χ0) is 12.3. The minimum absolute atomic E-state index is 0.182. The molecule has 0 bridgehead atoms. The number of piperidine rings is 1. The molecule has 0 N–H and O–H groups in total. The van der Waals surface area contributed by atoms with Crippen molar-refractivity contribution in [3.63, 3.8) is 0 Å². The van der Waals surface area contributed by atoms with E-state index < -0.39 is 0 Å². The molecule has 0 spiro atoms. The van der Waals surface area contributed by atoms with Crippen LogP contribution in [0.5, 0.6) is 0 Å². The van der Waals surface area contributed by atoms with Gasteiger partial charge in [-0.15, -0.1) is 0 Å². The summed E-state index contributed by atoms with van der Waals surface area (Å²) >= 11 is 0. The van der Waals surface area contributed by atoms with E-state index >= 15 is 0 Å². The number of pyridine rings is 1. The van der Waals surface area contributed by atoms with Gasteiger partial charge >= 0.3 is 0 Å². The van der Waals surface area contributed by atoms with Gasteiger partial charge in [0.05, 0.1) is 0 Å². The molecule has 92 valence electrons. The molecular formula is C14H20N2O. The number of ketones is 1. The highest BCUT2D eigenvalue weighted by Gasteiger charge is 2.30. The summed E-state index contributed by atoms with van der Waals surface area (Å²) in [6.07, 6.45) is 5.41. The van der Waals surface area contributed by atoms with Crippen LogP contribution in [0.1, 0.15) is 25.8 Å². The third kappa shape index (κ3) is 2.91. The molecule has 1 saturated heterocycles. The molecule has 2 rings (SSSR count). The van der Waals surface area contributed by atoms with Crippen molar-refractivity contribution < 1.29 is 4.79 Å². The Labute approximate surface area is 103 Å². The summed E-state index contributed by atoms with van der Waals surface area (Å²) in [6.45, 7) is 6.15. The van der Waals surface area contributed by atoms with Gasteiger partial charge in [-0.3, -0.25) is 14.7 Å². The summed E-state index contributed by atoms with van der Waals surface area (Å²) in [5, 5.41) is 0. The average Bonchev–Trinajstić information content (AvgIpc) is 2.36. The number of aromatic nitrogens is 1. The summed E-state index contributed by atoms with van der Waals surface area (Å²) in [6, 6.07) is 4.49. The molecule has 1 fully saturated rings. The molecule has 3 nitrogen and oxygen atoms in total. The Bertz CT molecular complexity index is 377. The molecule has 0 aromatic carbocycles. The first-order chi connectivity index (χ1) is 8.18. The third-order valence-electron chi connectivity index (χ3n) is 3.89. The van der Waals surface area contributed by atoms with Crippen molar-refractivity contribution >= 4 is 5.78 Å². The lowest BCUT2D eigenvalue weighted by Gasteiger charge is -2.36. The van der Waals surface area contributed by atoms with Crippen LogP contribution in [0.15, 0.2) is 24.5 Å². The molecule has 1 aromatic rings. The fraction of sp³-hybridized carbons (Fsp3) is 0.571. The highest BCUT2D eigenvalue weighted by atomic mass is 16.1. The van der Waals surface area contributed by atoms with Crippen LogP contribution < -0.4 is 0 Å². The van der Waals surface area contributed by atoms with Crippen molar-refractivity contribution in [2.24, 2.45) is 5.92 Å². The molecule has 0 aliphatic carbocycles. The molecular weight excluding hydrogens is 212 g/mol. The van der Waals surface area contributed by atoms with Crippen molar-refractivity contribution in [1.82, 2.24) is 9.88 Å². The highest BCUT2D eigenvalue weighted by Crippen LogP contribution is 2.20. The maximum atomic E-state index is 11.6. The average molecular weight is 232 g/mol. The minimum atomic E-state index is 0.182. The number of nitrogens with zero attached hydrogens (tertiary/aromatic N) is 2. The van der Waals surface area contributed by atoms with E-state index in [1.165, 1.54) is 5.56 Å². The van der Waals surface area contributed by atoms with E-state index in [2.05, 4.69) is 28.9 Å². The molecule has 2 heterocycles. The van der Waals surface area contributed by atoms with Crippen LogP contribution in [0.25, 0.3) is 0 Å². The van der Waals surface area contributed by atoms with Crippen LogP contribution in [0.4, 0.5) is 0 Å². The first kappa shape index (κ1) is 12.2. The summed E-state index contributed by atoms with van der Waals surface area (Å²) < 4.78 is 0. The number of hydrogen-bond donors (Lipinski definition) is 0. The molecule has 0 radical (unpaired) electrons. The van der Waals surface area contributed by atoms with Crippen LogP contribution in [-0.4, -0.2) is 34.8 Å². The number of carbonyl (C=O) groups is 1. The van der Waals surface area contributed by atoms with E-state index in [0.29, 0.717) is 18.2 Å². The Morgan fingerprint density at radius 2 is 2.06 bits per heavy atom. The topological polar surface area (TPSA) is 33.2 Å². The molecule has 3 heteroatoms. The third-order valence-corrected chi connectivity index (χ3v) is 3.89. The van der Waals surface area contributed by atoms with Crippen molar-refractivity contribution in [2.75, 3.05) is 13.1 Å². The monoisotopic (exact) mass is 232 g/mol. The maximum Gasteiger partial charge on any atom is 0.138 e. The van der Waals surface area contributed by atoms with E-state index in [0.717, 1.165) is 19.5 Å². The van der Waals surface area contributed by atoms with E-state index in [4.69, 9.17) is 0 Å². The Kier molecular flexibility index (Phi) is 3.89. The van der Waals surface area contributed by atoms with Gasteiger partial charge in [0.25, 0.3) is 0 Å². The van der Waals surface area contributed by atoms with Crippen LogP contribution in [0.2, 0.25) is 0 Å². The summed E-state index contributed by atoms with van der Waals surface area (Å²) in [7, 11) is 0. The Morgan fingerprint density at radius 3 is 2.76 bits per heavy atom. The van der Waals surface area contributed by atoms with Gasteiger partial charge in [0.2, 0.25) is 0 Å². The fourth-order valence-corrected chi connectivity index (χ4v) is 2.41. The molecule has 1 aromatic heterocycles. The van der Waals surface area contributed by atoms with Gasteiger partial charge in [-0.25, -0.2) is 0 Å². The summed E-state index contributed by atoms with van der Waals surface area (Å²) in [4.78, 5) is 18.0. The zero-order valence-corrected chi connectivity index (χ0v) is 10.6. The lowest BCUT2D eigenvalue weighted by molar-refractivity contribution is -0.127. The standard InChI is InChI=1S/C14H20N2O/c1-11-12(2)16(10-6-14(11)17)9-5-13-3-7-15-8-4-13/h3-4,7-8,11-12H,5-6,9-10H2,1-2H3. The number of Topliss-reactive ketones (excluding diaryl/α,β-unsaturated/α-hetero) is 1. The second-order valence-electron chi connectivity index (χ2n) is 4.89. The molecule has 17 heavy (non-hydrogen) atoms. The van der Waals surface area contributed by atoms with Crippen LogP contribution in [0, 0.1) is 5.92 Å². The van der Waals surface area contributed by atoms with Gasteiger partial charge < -0.3 is 0 Å². The van der Waals surface area contributed by atoms with Gasteiger partial charge in [0.15, 0.2) is 0 Å².